The van der Waals surface area contributed by atoms with Crippen LogP contribution in [0.4, 0.5) is 0 Å². The van der Waals surface area contributed by atoms with Gasteiger partial charge in [-0.2, -0.15) is 0 Å². The Morgan fingerprint density at radius 2 is 0.588 bits per heavy atom. The minimum atomic E-state index is -1.52. The van der Waals surface area contributed by atoms with Gasteiger partial charge in [-0.25, -0.2) is 4.79 Å². The van der Waals surface area contributed by atoms with E-state index in [4.69, 9.17) is 18.9 Å². The van der Waals surface area contributed by atoms with Crippen LogP contribution in [0.15, 0.2) is 109 Å². The topological polar surface area (TPSA) is 108 Å². The first-order chi connectivity index (χ1) is 47.6. The van der Waals surface area contributed by atoms with Crippen molar-refractivity contribution in [3.8, 4) is 0 Å². The number of hydrogen-bond donors (Lipinski definition) is 1. The number of ether oxygens (including phenoxy) is 4. The average Bonchev–Trinajstić information content (AvgIpc) is 2.39. The van der Waals surface area contributed by atoms with Crippen molar-refractivity contribution in [2.24, 2.45) is 0 Å². The third-order valence-electron chi connectivity index (χ3n) is 18.0. The van der Waals surface area contributed by atoms with E-state index >= 15 is 0 Å². The molecular weight excluding hydrogens is 1200 g/mol. The molecule has 0 aromatic rings. The first-order valence-corrected chi connectivity index (χ1v) is 41.1. The highest BCUT2D eigenvalue weighted by molar-refractivity contribution is 5.71. The molecule has 0 saturated heterocycles. The van der Waals surface area contributed by atoms with Crippen LogP contribution >= 0.6 is 0 Å². The highest BCUT2D eigenvalue weighted by Crippen LogP contribution is 2.19. The minimum Gasteiger partial charge on any atom is -0.477 e. The smallest absolute Gasteiger partial charge is 0.361 e. The molecule has 0 rings (SSSR count). The molecule has 0 radical (unpaired) electrons. The van der Waals surface area contributed by atoms with Gasteiger partial charge in [0.05, 0.1) is 34.4 Å². The maximum absolute atomic E-state index is 13.0. The number of rotatable bonds is 76. The van der Waals surface area contributed by atoms with Gasteiger partial charge in [0, 0.05) is 12.8 Å². The quantitative estimate of drug-likeness (QED) is 0.0211. The van der Waals surface area contributed by atoms with Gasteiger partial charge in [0.1, 0.15) is 13.2 Å². The van der Waals surface area contributed by atoms with Crippen molar-refractivity contribution in [3.05, 3.63) is 109 Å². The standard InChI is InChI=1S/C88H155NO8/c1-6-8-10-12-14-16-18-20-22-24-26-28-30-32-34-36-38-39-40-41-42-43-44-45-46-47-49-50-52-54-56-58-60-62-64-66-68-70-72-74-76-78-85(90)95-82-84(83-96-88(87(92)93)94-81-80-89(3,4)5)97-86(91)79-77-75-73-71-69-67-65-63-61-59-57-55-53-51-48-37-35-33-31-29-27-25-23-21-19-17-15-13-11-9-7-2/h9,11,15,17-18,20-21,23-24,26-27,29-30,32-33,35,48,51,84,88H,6-8,10,12-14,16,19,22,25,28,31,34,36-47,49-50,52-83H2,1-5H3/p+1/b11-9-,17-15-,20-18-,23-21-,26-24-,29-27-,32-30-,35-33-,51-48-. The monoisotopic (exact) mass is 1360 g/mol. The summed E-state index contributed by atoms with van der Waals surface area (Å²) < 4.78 is 23.1. The lowest BCUT2D eigenvalue weighted by Crippen LogP contribution is -2.40. The molecule has 0 aliphatic carbocycles. The van der Waals surface area contributed by atoms with Crippen LogP contribution in [0.3, 0.4) is 0 Å². The molecule has 97 heavy (non-hydrogen) atoms. The van der Waals surface area contributed by atoms with Gasteiger partial charge in [0.25, 0.3) is 6.29 Å². The molecule has 0 aromatic carbocycles. The second kappa shape index (κ2) is 77.7. The number of carboxylic acids is 1. The Bertz CT molecular complexity index is 1970. The minimum absolute atomic E-state index is 0.183. The van der Waals surface area contributed by atoms with Crippen LogP contribution < -0.4 is 0 Å². The Balaban J connectivity index is 3.98. The summed E-state index contributed by atoms with van der Waals surface area (Å²) >= 11 is 0. The molecule has 0 amide bonds. The van der Waals surface area contributed by atoms with E-state index < -0.39 is 24.3 Å². The van der Waals surface area contributed by atoms with Crippen LogP contribution in [0.1, 0.15) is 373 Å². The number of quaternary nitrogens is 1. The van der Waals surface area contributed by atoms with Crippen molar-refractivity contribution < 1.29 is 42.9 Å². The molecule has 560 valence electrons. The van der Waals surface area contributed by atoms with Crippen LogP contribution in [0.5, 0.6) is 0 Å². The Morgan fingerprint density at radius 3 is 0.876 bits per heavy atom. The van der Waals surface area contributed by atoms with Crippen LogP contribution in [0.25, 0.3) is 0 Å². The fourth-order valence-electron chi connectivity index (χ4n) is 11.8. The van der Waals surface area contributed by atoms with Gasteiger partial charge in [-0.1, -0.05) is 367 Å². The third kappa shape index (κ3) is 79.2. The molecule has 0 fully saturated rings. The first kappa shape index (κ1) is 93.0. The van der Waals surface area contributed by atoms with E-state index in [0.29, 0.717) is 23.9 Å². The van der Waals surface area contributed by atoms with Crippen LogP contribution in [0, 0.1) is 0 Å². The lowest BCUT2D eigenvalue weighted by molar-refractivity contribution is -0.870. The van der Waals surface area contributed by atoms with Crippen molar-refractivity contribution in [1.82, 2.24) is 0 Å². The normalized spacial score (nSPS) is 13.2. The summed E-state index contributed by atoms with van der Waals surface area (Å²) in [4.78, 5) is 37.8. The molecule has 0 aliphatic heterocycles. The van der Waals surface area contributed by atoms with Gasteiger partial charge in [0.2, 0.25) is 0 Å². The van der Waals surface area contributed by atoms with Crippen molar-refractivity contribution in [3.63, 3.8) is 0 Å². The summed E-state index contributed by atoms with van der Waals surface area (Å²) in [6.07, 6.45) is 107. The van der Waals surface area contributed by atoms with Crippen LogP contribution in [-0.2, 0) is 33.3 Å². The van der Waals surface area contributed by atoms with Crippen molar-refractivity contribution >= 4 is 17.9 Å². The first-order valence-electron chi connectivity index (χ1n) is 41.1. The summed E-state index contributed by atoms with van der Waals surface area (Å²) in [5.41, 5.74) is 0. The number of aliphatic carboxylic acids is 1. The maximum Gasteiger partial charge on any atom is 0.361 e. The van der Waals surface area contributed by atoms with E-state index in [1.807, 2.05) is 21.1 Å². The van der Waals surface area contributed by atoms with Gasteiger partial charge in [-0.3, -0.25) is 9.59 Å². The zero-order valence-corrected chi connectivity index (χ0v) is 64.2. The van der Waals surface area contributed by atoms with E-state index in [1.54, 1.807) is 0 Å². The lowest BCUT2D eigenvalue weighted by atomic mass is 10.0. The number of carboxylic acid groups (broad SMARTS) is 1. The van der Waals surface area contributed by atoms with Gasteiger partial charge in [-0.05, 0) is 103 Å². The number of allylic oxidation sites excluding steroid dienone is 18. The fraction of sp³-hybridized carbons (Fsp3) is 0.761. The summed E-state index contributed by atoms with van der Waals surface area (Å²) in [6.45, 7) is 4.79. The lowest BCUT2D eigenvalue weighted by Gasteiger charge is -2.25. The summed E-state index contributed by atoms with van der Waals surface area (Å²) in [5.74, 6) is -1.99. The van der Waals surface area contributed by atoms with Gasteiger partial charge >= 0.3 is 17.9 Å². The molecule has 0 saturated carbocycles. The number of esters is 2. The number of likely N-dealkylation sites (N-methyl/N-ethyl adjacent to an activating group) is 1. The molecule has 2 unspecified atom stereocenters. The zero-order valence-electron chi connectivity index (χ0n) is 64.2. The Kier molecular flexibility index (Phi) is 74.4. The van der Waals surface area contributed by atoms with Gasteiger partial charge < -0.3 is 28.5 Å². The van der Waals surface area contributed by atoms with E-state index in [9.17, 15) is 19.5 Å². The highest BCUT2D eigenvalue weighted by Gasteiger charge is 2.25. The second-order valence-corrected chi connectivity index (χ2v) is 28.7. The highest BCUT2D eigenvalue weighted by atomic mass is 16.7. The number of nitrogens with zero attached hydrogens (tertiary/aromatic N) is 1. The SMILES string of the molecule is CC/C=C\C/C=C\C/C=C\C/C=C\C/C=C\C/C=C\CCCCCCCCCCCCCCC(=O)OC(COC(=O)CCCCCCCCCCCCCCCCCCCCCCCCCCCC/C=C\C/C=C\C/C=C\CCCCCCC)COC(OCC[N+](C)(C)C)C(=O)O. The number of hydrogen-bond acceptors (Lipinski definition) is 7. The Hall–Kier alpha value is -4.05. The summed E-state index contributed by atoms with van der Waals surface area (Å²) in [6, 6.07) is 0. The molecule has 1 N–H and O–H groups in total. The molecule has 0 heterocycles. The molecule has 9 heteroatoms. The number of unbranched alkanes of at least 4 members (excludes halogenated alkanes) is 43. The van der Waals surface area contributed by atoms with Gasteiger partial charge in [0.15, 0.2) is 6.10 Å². The van der Waals surface area contributed by atoms with E-state index in [1.165, 1.54) is 250 Å². The molecule has 0 bridgehead atoms. The van der Waals surface area contributed by atoms with Gasteiger partial charge in [-0.15, -0.1) is 0 Å². The maximum atomic E-state index is 13.0. The van der Waals surface area contributed by atoms with E-state index in [-0.39, 0.29) is 32.2 Å². The number of carbonyl (C=O) groups excluding carboxylic acids is 2. The Morgan fingerprint density at radius 1 is 0.320 bits per heavy atom. The predicted octanol–water partition coefficient (Wildman–Crippen LogP) is 26.5. The van der Waals surface area contributed by atoms with Crippen LogP contribution in [-0.4, -0.2) is 87.4 Å². The van der Waals surface area contributed by atoms with Crippen LogP contribution in [0.2, 0.25) is 0 Å². The van der Waals surface area contributed by atoms with Crippen molar-refractivity contribution in [2.45, 2.75) is 386 Å². The van der Waals surface area contributed by atoms with Crippen molar-refractivity contribution in [1.29, 1.82) is 0 Å². The predicted molar refractivity (Wildman–Crippen MR) is 419 cm³/mol. The molecule has 0 aliphatic rings. The summed E-state index contributed by atoms with van der Waals surface area (Å²) in [7, 11) is 5.99. The zero-order chi connectivity index (χ0) is 70.4. The summed E-state index contributed by atoms with van der Waals surface area (Å²) in [5, 5.41) is 9.78. The van der Waals surface area contributed by atoms with E-state index in [0.717, 1.165) is 89.9 Å². The fourth-order valence-corrected chi connectivity index (χ4v) is 11.8. The molecule has 0 aromatic heterocycles. The van der Waals surface area contributed by atoms with E-state index in [2.05, 4.69) is 123 Å². The van der Waals surface area contributed by atoms with Crippen molar-refractivity contribution in [2.75, 3.05) is 47.5 Å². The largest absolute Gasteiger partial charge is 0.477 e. The molecule has 9 nitrogen and oxygen atoms in total. The average molecular weight is 1360 g/mol. The third-order valence-corrected chi connectivity index (χ3v) is 18.0. The number of carbonyl (C=O) groups is 3. The second-order valence-electron chi connectivity index (χ2n) is 28.7. The Labute approximate surface area is 600 Å². The molecule has 0 spiro atoms. The molecular formula is C88H156NO8+. The molecule has 2 atom stereocenters.